The van der Waals surface area contributed by atoms with Gasteiger partial charge in [-0.25, -0.2) is 4.98 Å². The fraction of sp³-hybridized carbons (Fsp3) is 0.0526. The van der Waals surface area contributed by atoms with Gasteiger partial charge in [0.1, 0.15) is 17.5 Å². The highest BCUT2D eigenvalue weighted by molar-refractivity contribution is 6.29. The molecule has 2 aromatic carbocycles. The van der Waals surface area contributed by atoms with Gasteiger partial charge in [-0.3, -0.25) is 4.79 Å². The number of carbonyl (C=O) groups is 1. The monoisotopic (exact) mass is 337 g/mol. The van der Waals surface area contributed by atoms with Crippen LogP contribution < -0.4 is 10.6 Å². The number of nitrogens with zero attached hydrogens (tertiary/aromatic N) is 1. The summed E-state index contributed by atoms with van der Waals surface area (Å²) in [5.74, 6) is 0.700. The fourth-order valence-electron chi connectivity index (χ4n) is 2.30. The van der Waals surface area contributed by atoms with Crippen molar-refractivity contribution >= 4 is 34.8 Å². The lowest BCUT2D eigenvalue weighted by Crippen LogP contribution is -2.14. The summed E-state index contributed by atoms with van der Waals surface area (Å²) in [6.45, 7) is 0. The second kappa shape index (κ2) is 7.62. The average Bonchev–Trinajstić information content (AvgIpc) is 2.63. The van der Waals surface area contributed by atoms with Crippen LogP contribution in [0.2, 0.25) is 0 Å². The van der Waals surface area contributed by atoms with Crippen LogP contribution in [0.15, 0.2) is 72.8 Å². The van der Waals surface area contributed by atoms with E-state index in [0.29, 0.717) is 11.6 Å². The standard InChI is InChI=1S/C19H16ClN3O/c20-13-19(24)23-18-12-15(14-7-3-1-4-8-14)11-17(22-18)21-16-9-5-2-6-10-16/h1-12H,13H2,(H2,21,22,23,24). The van der Waals surface area contributed by atoms with Crippen molar-refractivity contribution in [1.29, 1.82) is 0 Å². The van der Waals surface area contributed by atoms with Gasteiger partial charge in [0, 0.05) is 5.69 Å². The summed E-state index contributed by atoms with van der Waals surface area (Å²) in [5, 5.41) is 5.96. The molecule has 0 aliphatic heterocycles. The van der Waals surface area contributed by atoms with E-state index in [4.69, 9.17) is 11.6 Å². The first kappa shape index (κ1) is 16.0. The molecule has 0 bridgehead atoms. The van der Waals surface area contributed by atoms with E-state index in [-0.39, 0.29) is 11.8 Å². The van der Waals surface area contributed by atoms with E-state index in [0.717, 1.165) is 16.8 Å². The first-order chi connectivity index (χ1) is 11.7. The van der Waals surface area contributed by atoms with Crippen molar-refractivity contribution in [3.05, 3.63) is 72.8 Å². The molecule has 1 aromatic heterocycles. The van der Waals surface area contributed by atoms with Crippen molar-refractivity contribution < 1.29 is 4.79 Å². The number of rotatable bonds is 5. The van der Waals surface area contributed by atoms with Crippen molar-refractivity contribution in [2.75, 3.05) is 16.5 Å². The molecule has 0 radical (unpaired) electrons. The van der Waals surface area contributed by atoms with Crippen molar-refractivity contribution in [3.63, 3.8) is 0 Å². The summed E-state index contributed by atoms with van der Waals surface area (Å²) < 4.78 is 0. The van der Waals surface area contributed by atoms with Crippen LogP contribution in [0.4, 0.5) is 17.3 Å². The van der Waals surface area contributed by atoms with E-state index in [1.54, 1.807) is 0 Å². The van der Waals surface area contributed by atoms with E-state index >= 15 is 0 Å². The molecule has 0 unspecified atom stereocenters. The summed E-state index contributed by atoms with van der Waals surface area (Å²) in [6.07, 6.45) is 0. The van der Waals surface area contributed by atoms with E-state index in [9.17, 15) is 4.79 Å². The number of benzene rings is 2. The van der Waals surface area contributed by atoms with E-state index < -0.39 is 0 Å². The number of nitrogens with one attached hydrogen (secondary N) is 2. The molecular weight excluding hydrogens is 322 g/mol. The molecule has 0 atom stereocenters. The van der Waals surface area contributed by atoms with Crippen LogP contribution in [0.3, 0.4) is 0 Å². The van der Waals surface area contributed by atoms with Crippen molar-refractivity contribution in [2.24, 2.45) is 0 Å². The van der Waals surface area contributed by atoms with Crippen LogP contribution in [-0.2, 0) is 4.79 Å². The van der Waals surface area contributed by atoms with Gasteiger partial charge in [-0.15, -0.1) is 11.6 Å². The molecule has 0 saturated heterocycles. The van der Waals surface area contributed by atoms with Crippen molar-refractivity contribution in [2.45, 2.75) is 0 Å². The van der Waals surface area contributed by atoms with Gasteiger partial charge in [0.2, 0.25) is 5.91 Å². The largest absolute Gasteiger partial charge is 0.340 e. The SMILES string of the molecule is O=C(CCl)Nc1cc(-c2ccccc2)cc(Nc2ccccc2)n1. The minimum atomic E-state index is -0.292. The van der Waals surface area contributed by atoms with E-state index in [2.05, 4.69) is 15.6 Å². The molecule has 120 valence electrons. The van der Waals surface area contributed by atoms with Crippen LogP contribution in [0.1, 0.15) is 0 Å². The van der Waals surface area contributed by atoms with Crippen LogP contribution in [0.25, 0.3) is 11.1 Å². The van der Waals surface area contributed by atoms with Crippen LogP contribution >= 0.6 is 11.6 Å². The lowest BCUT2D eigenvalue weighted by Gasteiger charge is -2.11. The van der Waals surface area contributed by atoms with E-state index in [1.807, 2.05) is 72.8 Å². The molecule has 0 aliphatic carbocycles. The molecule has 0 saturated carbocycles. The highest BCUT2D eigenvalue weighted by Gasteiger charge is 2.08. The predicted molar refractivity (Wildman–Crippen MR) is 98.7 cm³/mol. The number of alkyl halides is 1. The number of pyridine rings is 1. The van der Waals surface area contributed by atoms with Crippen LogP contribution in [0, 0.1) is 0 Å². The number of carbonyl (C=O) groups excluding carboxylic acids is 1. The highest BCUT2D eigenvalue weighted by atomic mass is 35.5. The van der Waals surface area contributed by atoms with Gasteiger partial charge in [-0.1, -0.05) is 48.5 Å². The number of amides is 1. The molecule has 1 heterocycles. The summed E-state index contributed by atoms with van der Waals surface area (Å²) in [5.41, 5.74) is 2.91. The van der Waals surface area contributed by atoms with Gasteiger partial charge >= 0.3 is 0 Å². The molecule has 0 fully saturated rings. The molecule has 4 nitrogen and oxygen atoms in total. The Morgan fingerprint density at radius 1 is 0.875 bits per heavy atom. The van der Waals surface area contributed by atoms with Gasteiger partial charge < -0.3 is 10.6 Å². The summed E-state index contributed by atoms with van der Waals surface area (Å²) in [4.78, 5) is 16.0. The normalized spacial score (nSPS) is 10.2. The predicted octanol–water partition coefficient (Wildman–Crippen LogP) is 4.67. The Labute approximate surface area is 145 Å². The molecule has 1 amide bonds. The maximum atomic E-state index is 11.6. The highest BCUT2D eigenvalue weighted by Crippen LogP contribution is 2.26. The number of halogens is 1. The molecule has 3 aromatic rings. The van der Waals surface area contributed by atoms with Gasteiger partial charge in [-0.2, -0.15) is 0 Å². The zero-order valence-corrected chi connectivity index (χ0v) is 13.6. The maximum absolute atomic E-state index is 11.6. The van der Waals surface area contributed by atoms with Crippen molar-refractivity contribution in [1.82, 2.24) is 4.98 Å². The summed E-state index contributed by atoms with van der Waals surface area (Å²) in [7, 11) is 0. The van der Waals surface area contributed by atoms with E-state index in [1.165, 1.54) is 0 Å². The zero-order chi connectivity index (χ0) is 16.8. The molecule has 5 heteroatoms. The molecule has 2 N–H and O–H groups in total. The lowest BCUT2D eigenvalue weighted by atomic mass is 10.1. The van der Waals surface area contributed by atoms with Gasteiger partial charge in [-0.05, 0) is 35.4 Å². The van der Waals surface area contributed by atoms with Crippen LogP contribution in [-0.4, -0.2) is 16.8 Å². The number of para-hydroxylation sites is 1. The first-order valence-electron chi connectivity index (χ1n) is 7.50. The quantitative estimate of drug-likeness (QED) is 0.665. The van der Waals surface area contributed by atoms with Crippen molar-refractivity contribution in [3.8, 4) is 11.1 Å². The van der Waals surface area contributed by atoms with Crippen LogP contribution in [0.5, 0.6) is 0 Å². The number of aromatic nitrogens is 1. The molecule has 0 aliphatic rings. The third kappa shape index (κ3) is 4.12. The van der Waals surface area contributed by atoms with Gasteiger partial charge in [0.05, 0.1) is 0 Å². The summed E-state index contributed by atoms with van der Waals surface area (Å²) in [6, 6.07) is 23.4. The Morgan fingerprint density at radius 2 is 1.50 bits per heavy atom. The van der Waals surface area contributed by atoms with Gasteiger partial charge in [0.25, 0.3) is 0 Å². The smallest absolute Gasteiger partial charge is 0.240 e. The zero-order valence-electron chi connectivity index (χ0n) is 12.9. The number of hydrogen-bond donors (Lipinski definition) is 2. The Bertz CT molecular complexity index is 823. The van der Waals surface area contributed by atoms with Gasteiger partial charge in [0.15, 0.2) is 0 Å². The molecule has 24 heavy (non-hydrogen) atoms. The Kier molecular flexibility index (Phi) is 5.08. The second-order valence-corrected chi connectivity index (χ2v) is 5.43. The summed E-state index contributed by atoms with van der Waals surface area (Å²) >= 11 is 5.57. The third-order valence-corrected chi connectivity index (χ3v) is 3.61. The average molecular weight is 338 g/mol. The minimum absolute atomic E-state index is 0.112. The maximum Gasteiger partial charge on any atom is 0.240 e. The lowest BCUT2D eigenvalue weighted by molar-refractivity contribution is -0.113. The first-order valence-corrected chi connectivity index (χ1v) is 8.03. The molecular formula is C19H16ClN3O. The topological polar surface area (TPSA) is 54.0 Å². The Balaban J connectivity index is 1.97. The number of anilines is 3. The second-order valence-electron chi connectivity index (χ2n) is 5.17. The Morgan fingerprint density at radius 3 is 2.17 bits per heavy atom. The molecule has 0 spiro atoms. The fourth-order valence-corrected chi connectivity index (χ4v) is 2.37. The molecule has 3 rings (SSSR count). The Hall–Kier alpha value is -2.85. The third-order valence-electron chi connectivity index (χ3n) is 3.37. The number of hydrogen-bond acceptors (Lipinski definition) is 3. The minimum Gasteiger partial charge on any atom is -0.340 e.